The topological polar surface area (TPSA) is 18.5 Å². The van der Waals surface area contributed by atoms with Gasteiger partial charge in [0.05, 0.1) is 0 Å². The zero-order valence-electron chi connectivity index (χ0n) is 19.3. The summed E-state index contributed by atoms with van der Waals surface area (Å²) in [5.41, 5.74) is 4.81. The first-order valence-corrected chi connectivity index (χ1v) is 12.4. The van der Waals surface area contributed by atoms with Crippen molar-refractivity contribution in [2.45, 2.75) is 24.9 Å². The normalized spacial score (nSPS) is 14.7. The van der Waals surface area contributed by atoms with E-state index in [1.165, 1.54) is 6.42 Å². The monoisotopic (exact) mass is 508 g/mol. The number of para-hydroxylation sites is 2. The average Bonchev–Trinajstić information content (AvgIpc) is 3.41. The van der Waals surface area contributed by atoms with Gasteiger partial charge in [0.25, 0.3) is 8.38 Å². The Labute approximate surface area is 215 Å². The molecule has 4 aromatic carbocycles. The fourth-order valence-electron chi connectivity index (χ4n) is 4.10. The summed E-state index contributed by atoms with van der Waals surface area (Å²) in [5, 5.41) is 0. The second-order valence-corrected chi connectivity index (χ2v) is 9.53. The van der Waals surface area contributed by atoms with Crippen LogP contribution in [0.4, 0.5) is 0 Å². The van der Waals surface area contributed by atoms with Crippen molar-refractivity contribution in [3.05, 3.63) is 123 Å². The van der Waals surface area contributed by atoms with Crippen LogP contribution in [0.2, 0.25) is 0 Å². The van der Waals surface area contributed by atoms with Gasteiger partial charge in [-0.25, -0.2) is 0 Å². The van der Waals surface area contributed by atoms with E-state index in [0.717, 1.165) is 46.6 Å². The summed E-state index contributed by atoms with van der Waals surface area (Å²) in [7, 11) is -1.18. The summed E-state index contributed by atoms with van der Waals surface area (Å²) in [6.07, 6.45) is 5.79. The van der Waals surface area contributed by atoms with Gasteiger partial charge < -0.3 is 22.9 Å². The molecule has 5 rings (SSSR count). The van der Waals surface area contributed by atoms with Gasteiger partial charge >= 0.3 is 17.1 Å². The Bertz CT molecular complexity index is 1060. The van der Waals surface area contributed by atoms with Gasteiger partial charge in [0.1, 0.15) is 11.5 Å². The van der Waals surface area contributed by atoms with Gasteiger partial charge in [-0.1, -0.05) is 116 Å². The molecule has 4 heteroatoms. The molecular weight excluding hydrogens is 479 g/mol. The molecule has 1 saturated carbocycles. The molecule has 174 valence electrons. The standard InChI is InChI=1S/C29H26O2P.CH3.Fe/c1-3-13-23(14-4-1)26-19-9-11-21-28(26)30-32(25-17-7-8-18-25)31-29-22-12-10-20-27(29)24-15-5-2-6-16-24;;/h1-6,9-17,19-22,25H,7-8,18H2;1H3;/q2*-1;+2. The average molecular weight is 508 g/mol. The fourth-order valence-corrected chi connectivity index (χ4v) is 5.83. The largest absolute Gasteiger partial charge is 2.00 e. The molecule has 0 aliphatic heterocycles. The van der Waals surface area contributed by atoms with Crippen LogP contribution < -0.4 is 9.05 Å². The molecule has 0 saturated heterocycles. The van der Waals surface area contributed by atoms with Crippen molar-refractivity contribution in [2.75, 3.05) is 0 Å². The first-order chi connectivity index (χ1) is 15.9. The van der Waals surface area contributed by atoms with Gasteiger partial charge in [-0.05, 0) is 23.3 Å². The van der Waals surface area contributed by atoms with Crippen LogP contribution in [0.3, 0.4) is 0 Å². The van der Waals surface area contributed by atoms with Crippen LogP contribution in [-0.2, 0) is 17.1 Å². The van der Waals surface area contributed by atoms with Crippen LogP contribution in [0.25, 0.3) is 22.3 Å². The van der Waals surface area contributed by atoms with E-state index in [-0.39, 0.29) is 24.5 Å². The van der Waals surface area contributed by atoms with Crippen LogP contribution in [0.5, 0.6) is 11.5 Å². The molecule has 0 spiro atoms. The maximum Gasteiger partial charge on any atom is 2.00 e. The van der Waals surface area contributed by atoms with Crippen LogP contribution >= 0.6 is 8.38 Å². The second kappa shape index (κ2) is 12.8. The molecule has 0 aromatic heterocycles. The summed E-state index contributed by atoms with van der Waals surface area (Å²) < 4.78 is 13.4. The van der Waals surface area contributed by atoms with Gasteiger partial charge in [0, 0.05) is 11.1 Å². The Balaban J connectivity index is 0.00000162. The molecule has 4 aromatic rings. The molecule has 1 atom stereocenters. The zero-order valence-corrected chi connectivity index (χ0v) is 21.3. The molecule has 2 nitrogen and oxygen atoms in total. The molecule has 1 unspecified atom stereocenters. The quantitative estimate of drug-likeness (QED) is 0.141. The van der Waals surface area contributed by atoms with E-state index in [9.17, 15) is 0 Å². The predicted molar refractivity (Wildman–Crippen MR) is 140 cm³/mol. The Morgan fingerprint density at radius 2 is 1.06 bits per heavy atom. The number of hydrogen-bond donors (Lipinski definition) is 0. The maximum absolute atomic E-state index is 6.69. The van der Waals surface area contributed by atoms with Gasteiger partial charge in [0.15, 0.2) is 0 Å². The van der Waals surface area contributed by atoms with E-state index < -0.39 is 8.38 Å². The summed E-state index contributed by atoms with van der Waals surface area (Å²) in [4.78, 5) is 0. The molecule has 0 N–H and O–H groups in total. The maximum atomic E-state index is 6.69. The summed E-state index contributed by atoms with van der Waals surface area (Å²) in [6.45, 7) is 0. The molecule has 0 amide bonds. The number of benzene rings is 4. The molecule has 0 bridgehead atoms. The van der Waals surface area contributed by atoms with Gasteiger partial charge in [0.2, 0.25) is 0 Å². The predicted octanol–water partition coefficient (Wildman–Crippen LogP) is 8.99. The van der Waals surface area contributed by atoms with Crippen molar-refractivity contribution in [3.63, 3.8) is 0 Å². The van der Waals surface area contributed by atoms with Crippen molar-refractivity contribution in [1.82, 2.24) is 0 Å². The third kappa shape index (κ3) is 6.10. The number of hydrogen-bond acceptors (Lipinski definition) is 2. The molecular formula is C30H29FeO2P. The van der Waals surface area contributed by atoms with E-state index in [1.54, 1.807) is 0 Å². The van der Waals surface area contributed by atoms with E-state index >= 15 is 0 Å². The van der Waals surface area contributed by atoms with E-state index in [1.807, 2.05) is 24.3 Å². The van der Waals surface area contributed by atoms with Gasteiger partial charge in [-0.2, -0.15) is 6.42 Å². The summed E-state index contributed by atoms with van der Waals surface area (Å²) >= 11 is 0. The first kappa shape index (κ1) is 26.0. The zero-order chi connectivity index (χ0) is 21.6. The van der Waals surface area contributed by atoms with Crippen LogP contribution in [0, 0.1) is 13.8 Å². The smallest absolute Gasteiger partial charge is 0.439 e. The Hall–Kier alpha value is -2.57. The van der Waals surface area contributed by atoms with Crippen molar-refractivity contribution in [1.29, 1.82) is 0 Å². The Kier molecular flexibility index (Phi) is 9.78. The van der Waals surface area contributed by atoms with Crippen molar-refractivity contribution in [3.8, 4) is 33.8 Å². The molecule has 0 radical (unpaired) electrons. The van der Waals surface area contributed by atoms with E-state index in [2.05, 4.69) is 91.3 Å². The third-order valence-corrected chi connectivity index (χ3v) is 7.50. The van der Waals surface area contributed by atoms with E-state index in [0.29, 0.717) is 5.66 Å². The van der Waals surface area contributed by atoms with Crippen molar-refractivity contribution < 1.29 is 26.1 Å². The minimum atomic E-state index is -1.18. The molecule has 1 fully saturated rings. The minimum Gasteiger partial charge on any atom is -0.439 e. The van der Waals surface area contributed by atoms with Crippen molar-refractivity contribution >= 4 is 8.38 Å². The van der Waals surface area contributed by atoms with Crippen LogP contribution in [0.1, 0.15) is 19.3 Å². The SMILES string of the molecule is [CH3-].[Fe+2].c1ccc(-c2ccccc2OP(Oc2ccccc2-c2ccccc2)C2[CH-]CCC2)cc1. The third-order valence-electron chi connectivity index (χ3n) is 5.73. The van der Waals surface area contributed by atoms with Gasteiger partial charge in [-0.3, -0.25) is 0 Å². The minimum absolute atomic E-state index is 0. The Morgan fingerprint density at radius 1 is 0.618 bits per heavy atom. The number of rotatable bonds is 7. The molecule has 1 aliphatic carbocycles. The van der Waals surface area contributed by atoms with Crippen LogP contribution in [-0.4, -0.2) is 5.66 Å². The Morgan fingerprint density at radius 3 is 1.50 bits per heavy atom. The molecule has 1 aliphatic rings. The van der Waals surface area contributed by atoms with Crippen molar-refractivity contribution in [2.24, 2.45) is 0 Å². The fraction of sp³-hybridized carbons (Fsp3) is 0.133. The molecule has 34 heavy (non-hydrogen) atoms. The van der Waals surface area contributed by atoms with E-state index in [4.69, 9.17) is 9.05 Å². The second-order valence-electron chi connectivity index (χ2n) is 7.93. The summed E-state index contributed by atoms with van der Waals surface area (Å²) in [6, 6.07) is 37.4. The summed E-state index contributed by atoms with van der Waals surface area (Å²) in [5.74, 6) is 1.75. The van der Waals surface area contributed by atoms with Gasteiger partial charge in [-0.15, -0.1) is 0 Å². The first-order valence-electron chi connectivity index (χ1n) is 11.2. The van der Waals surface area contributed by atoms with Crippen LogP contribution in [0.15, 0.2) is 109 Å². The molecule has 0 heterocycles.